The van der Waals surface area contributed by atoms with E-state index < -0.39 is 42.6 Å². The Hall–Kier alpha value is -3.05. The predicted octanol–water partition coefficient (Wildman–Crippen LogP) is 6.51. The van der Waals surface area contributed by atoms with Gasteiger partial charge in [-0.05, 0) is 47.5 Å². The molecule has 3 aromatic carbocycles. The molecule has 11 heteroatoms. The Balaban J connectivity index is 1.89. The lowest BCUT2D eigenvalue weighted by Gasteiger charge is -2.24. The fourth-order valence-corrected chi connectivity index (χ4v) is 4.39. The van der Waals surface area contributed by atoms with E-state index in [0.717, 1.165) is 9.80 Å². The van der Waals surface area contributed by atoms with Gasteiger partial charge in [0, 0.05) is 25.5 Å². The Morgan fingerprint density at radius 2 is 1.08 bits per heavy atom. The monoisotopic (exact) mass is 530 g/mol. The summed E-state index contributed by atoms with van der Waals surface area (Å²) in [6.45, 7) is -2.26. The van der Waals surface area contributed by atoms with Crippen LogP contribution in [0.25, 0.3) is 0 Å². The second-order valence-electron chi connectivity index (χ2n) is 8.15. The number of halogens is 6. The summed E-state index contributed by atoms with van der Waals surface area (Å²) in [7, 11) is 2.63. The molecule has 3 aromatic rings. The maximum absolute atomic E-state index is 12.9. The maximum Gasteiger partial charge on any atom is 0.405 e. The Morgan fingerprint density at radius 1 is 0.694 bits per heavy atom. The summed E-state index contributed by atoms with van der Waals surface area (Å²) in [4.78, 5) is 2.51. The Labute approximate surface area is 207 Å². The van der Waals surface area contributed by atoms with Crippen LogP contribution in [-0.2, 0) is 15.3 Å². The first kappa shape index (κ1) is 27.5. The molecule has 1 atom stereocenters. The van der Waals surface area contributed by atoms with E-state index in [4.69, 9.17) is 4.18 Å². The van der Waals surface area contributed by atoms with Gasteiger partial charge in [-0.15, -0.1) is 0 Å². The molecule has 0 fully saturated rings. The average molecular weight is 531 g/mol. The van der Waals surface area contributed by atoms with E-state index in [1.165, 1.54) is 38.4 Å². The first-order valence-electron chi connectivity index (χ1n) is 10.7. The third-order valence-corrected chi connectivity index (χ3v) is 6.25. The first-order valence-corrected chi connectivity index (χ1v) is 11.8. The summed E-state index contributed by atoms with van der Waals surface area (Å²) < 4.78 is 95.2. The third-order valence-electron chi connectivity index (χ3n) is 5.23. The van der Waals surface area contributed by atoms with Crippen molar-refractivity contribution in [3.63, 3.8) is 0 Å². The van der Waals surface area contributed by atoms with E-state index in [9.17, 15) is 30.6 Å². The van der Waals surface area contributed by atoms with Gasteiger partial charge in [0.15, 0.2) is 11.1 Å². The van der Waals surface area contributed by atoms with Gasteiger partial charge >= 0.3 is 12.4 Å². The summed E-state index contributed by atoms with van der Waals surface area (Å²) in [5.74, 6) is 0. The van der Waals surface area contributed by atoms with Crippen LogP contribution in [0.4, 0.5) is 37.7 Å². The fraction of sp³-hybridized carbons (Fsp3) is 0.280. The maximum atomic E-state index is 12.9. The van der Waals surface area contributed by atoms with Crippen LogP contribution in [0.5, 0.6) is 0 Å². The molecular formula is C25H24F6N2O2S. The Kier molecular flexibility index (Phi) is 8.67. The van der Waals surface area contributed by atoms with Crippen LogP contribution >= 0.6 is 0 Å². The number of rotatable bonds is 9. The summed E-state index contributed by atoms with van der Waals surface area (Å²) in [5, 5.41) is 0. The van der Waals surface area contributed by atoms with Crippen LogP contribution in [0, 0.1) is 0 Å². The smallest absolute Gasteiger partial charge is 0.366 e. The number of nitrogens with zero attached hydrogens (tertiary/aromatic N) is 2. The standard InChI is InChI=1S/C25H24F6N2O2S/c1-32(16-24(26,27)28)20-12-8-18(9-13-20)23(35-36(34)22-6-4-3-5-7-22)19-10-14-21(15-11-19)33(2)17-25(29,30)31/h3-15,23H,16-17H2,1-2H3. The van der Waals surface area contributed by atoms with Crippen LogP contribution in [0.1, 0.15) is 17.2 Å². The Bertz CT molecular complexity index is 1070. The molecule has 0 heterocycles. The molecule has 36 heavy (non-hydrogen) atoms. The van der Waals surface area contributed by atoms with Gasteiger partial charge in [-0.1, -0.05) is 42.5 Å². The van der Waals surface area contributed by atoms with Gasteiger partial charge < -0.3 is 9.80 Å². The van der Waals surface area contributed by atoms with Crippen molar-refractivity contribution in [1.29, 1.82) is 0 Å². The summed E-state index contributed by atoms with van der Waals surface area (Å²) in [6.07, 6.45) is -9.63. The lowest BCUT2D eigenvalue weighted by atomic mass is 10.0. The van der Waals surface area contributed by atoms with E-state index >= 15 is 0 Å². The second kappa shape index (κ2) is 11.3. The molecule has 0 aliphatic rings. The van der Waals surface area contributed by atoms with Gasteiger partial charge in [-0.2, -0.15) is 26.3 Å². The first-order chi connectivity index (χ1) is 16.8. The zero-order chi connectivity index (χ0) is 26.5. The topological polar surface area (TPSA) is 32.8 Å². The van der Waals surface area contributed by atoms with Gasteiger partial charge in [0.1, 0.15) is 19.2 Å². The largest absolute Gasteiger partial charge is 0.405 e. The molecule has 0 radical (unpaired) electrons. The van der Waals surface area contributed by atoms with E-state index in [-0.39, 0.29) is 0 Å². The number of hydrogen-bond donors (Lipinski definition) is 0. The molecule has 0 aromatic heterocycles. The van der Waals surface area contributed by atoms with Gasteiger partial charge in [0.05, 0.1) is 4.90 Å². The highest BCUT2D eigenvalue weighted by Gasteiger charge is 2.30. The number of alkyl halides is 6. The fourth-order valence-electron chi connectivity index (χ4n) is 3.51. The number of hydrogen-bond acceptors (Lipinski definition) is 4. The van der Waals surface area contributed by atoms with Gasteiger partial charge in [-0.3, -0.25) is 4.18 Å². The number of benzene rings is 3. The third kappa shape index (κ3) is 7.99. The zero-order valence-corrected chi connectivity index (χ0v) is 20.2. The van der Waals surface area contributed by atoms with E-state index in [1.54, 1.807) is 54.6 Å². The molecule has 3 rings (SSSR count). The molecule has 0 aliphatic heterocycles. The zero-order valence-electron chi connectivity index (χ0n) is 19.4. The SMILES string of the molecule is CN(CC(F)(F)F)c1ccc(C(OS(=O)c2ccccc2)c2ccc(N(C)CC(F)(F)F)cc2)cc1. The van der Waals surface area contributed by atoms with Crippen molar-refractivity contribution in [2.24, 2.45) is 0 Å². The van der Waals surface area contributed by atoms with E-state index in [2.05, 4.69) is 0 Å². The normalized spacial score (nSPS) is 13.0. The van der Waals surface area contributed by atoms with Crippen molar-refractivity contribution in [3.8, 4) is 0 Å². The van der Waals surface area contributed by atoms with Crippen LogP contribution in [0.3, 0.4) is 0 Å². The van der Waals surface area contributed by atoms with Crippen molar-refractivity contribution in [3.05, 3.63) is 90.0 Å². The lowest BCUT2D eigenvalue weighted by molar-refractivity contribution is -0.120. The van der Waals surface area contributed by atoms with E-state index in [0.29, 0.717) is 27.4 Å². The molecule has 1 unspecified atom stereocenters. The summed E-state index contributed by atoms with van der Waals surface area (Å²) in [6, 6.07) is 20.6. The van der Waals surface area contributed by atoms with Crippen molar-refractivity contribution in [2.75, 3.05) is 37.0 Å². The van der Waals surface area contributed by atoms with Crippen molar-refractivity contribution in [2.45, 2.75) is 23.4 Å². The van der Waals surface area contributed by atoms with Crippen molar-refractivity contribution >= 4 is 22.5 Å². The van der Waals surface area contributed by atoms with Gasteiger partial charge in [0.2, 0.25) is 0 Å². The average Bonchev–Trinajstić information content (AvgIpc) is 2.81. The highest BCUT2D eigenvalue weighted by molar-refractivity contribution is 7.80. The molecule has 0 bridgehead atoms. The van der Waals surface area contributed by atoms with Gasteiger partial charge in [0.25, 0.3) is 0 Å². The minimum Gasteiger partial charge on any atom is -0.366 e. The second-order valence-corrected chi connectivity index (χ2v) is 9.28. The minimum atomic E-state index is -4.37. The number of anilines is 2. The van der Waals surface area contributed by atoms with Crippen LogP contribution in [0.15, 0.2) is 83.8 Å². The molecule has 0 saturated carbocycles. The molecule has 194 valence electrons. The predicted molar refractivity (Wildman–Crippen MR) is 127 cm³/mol. The van der Waals surface area contributed by atoms with Crippen LogP contribution in [-0.4, -0.2) is 43.7 Å². The molecule has 0 amide bonds. The van der Waals surface area contributed by atoms with Crippen molar-refractivity contribution in [1.82, 2.24) is 0 Å². The van der Waals surface area contributed by atoms with Crippen LogP contribution < -0.4 is 9.80 Å². The summed E-state index contributed by atoms with van der Waals surface area (Å²) in [5.41, 5.74) is 1.67. The van der Waals surface area contributed by atoms with E-state index in [1.807, 2.05) is 0 Å². The molecule has 0 saturated heterocycles. The lowest BCUT2D eigenvalue weighted by Crippen LogP contribution is -2.30. The highest BCUT2D eigenvalue weighted by atomic mass is 32.2. The molecule has 0 aliphatic carbocycles. The van der Waals surface area contributed by atoms with Crippen molar-refractivity contribution < 1.29 is 34.7 Å². The minimum absolute atomic E-state index is 0.322. The Morgan fingerprint density at radius 3 is 1.44 bits per heavy atom. The summed E-state index contributed by atoms with van der Waals surface area (Å²) >= 11 is -1.89. The molecule has 0 spiro atoms. The molecule has 0 N–H and O–H groups in total. The molecule has 4 nitrogen and oxygen atoms in total. The molecular weight excluding hydrogens is 506 g/mol. The van der Waals surface area contributed by atoms with Crippen LogP contribution in [0.2, 0.25) is 0 Å². The van der Waals surface area contributed by atoms with Gasteiger partial charge in [-0.25, -0.2) is 4.21 Å². The quantitative estimate of drug-likeness (QED) is 0.295. The highest BCUT2D eigenvalue weighted by Crippen LogP contribution is 2.32.